The van der Waals surface area contributed by atoms with Gasteiger partial charge in [-0.25, -0.2) is 0 Å². The molecule has 3 aliphatic rings. The Morgan fingerprint density at radius 1 is 1.06 bits per heavy atom. The van der Waals surface area contributed by atoms with Crippen LogP contribution in [0.5, 0.6) is 0 Å². The normalized spacial score (nSPS) is 24.5. The Labute approximate surface area is 195 Å². The first kappa shape index (κ1) is 22.1. The van der Waals surface area contributed by atoms with E-state index in [1.54, 1.807) is 18.3 Å². The summed E-state index contributed by atoms with van der Waals surface area (Å²) < 4.78 is 0. The van der Waals surface area contributed by atoms with E-state index in [2.05, 4.69) is 16.4 Å². The molecule has 0 bridgehead atoms. The number of carbonyl (C=O) groups is 2. The molecule has 174 valence electrons. The molecule has 33 heavy (non-hydrogen) atoms. The molecule has 1 aromatic carbocycles. The zero-order valence-electron chi connectivity index (χ0n) is 19.1. The van der Waals surface area contributed by atoms with Gasteiger partial charge in [-0.1, -0.05) is 43.5 Å². The summed E-state index contributed by atoms with van der Waals surface area (Å²) in [5.41, 5.74) is 2.12. The number of nitrogens with one attached hydrogen (secondary N) is 1. The molecule has 6 nitrogen and oxygen atoms in total. The van der Waals surface area contributed by atoms with Crippen LogP contribution in [0.1, 0.15) is 78.9 Å². The molecule has 2 N–H and O–H groups in total. The van der Waals surface area contributed by atoms with Crippen LogP contribution in [0.3, 0.4) is 0 Å². The zero-order valence-corrected chi connectivity index (χ0v) is 19.1. The van der Waals surface area contributed by atoms with E-state index in [4.69, 9.17) is 0 Å². The highest BCUT2D eigenvalue weighted by atomic mass is 16.3. The summed E-state index contributed by atoms with van der Waals surface area (Å²) in [6, 6.07) is 11.0. The molecular weight excluding hydrogens is 414 g/mol. The number of aliphatic hydroxyl groups excluding tert-OH is 1. The number of piperidine rings is 1. The van der Waals surface area contributed by atoms with E-state index < -0.39 is 17.6 Å². The molecule has 2 heterocycles. The molecule has 1 spiro atoms. The molecule has 0 unspecified atom stereocenters. The lowest BCUT2D eigenvalue weighted by molar-refractivity contribution is -0.135. The van der Waals surface area contributed by atoms with E-state index in [-0.39, 0.29) is 11.8 Å². The number of nitrogens with zero attached hydrogens (tertiary/aromatic N) is 2. The summed E-state index contributed by atoms with van der Waals surface area (Å²) in [6.45, 7) is 1.31. The minimum Gasteiger partial charge on any atom is -0.390 e. The van der Waals surface area contributed by atoms with Crippen molar-refractivity contribution in [1.29, 1.82) is 0 Å². The number of aromatic nitrogens is 1. The van der Waals surface area contributed by atoms with Gasteiger partial charge in [0.25, 0.3) is 5.91 Å². The molecule has 2 aromatic rings. The van der Waals surface area contributed by atoms with E-state index >= 15 is 0 Å². The molecule has 6 heteroatoms. The summed E-state index contributed by atoms with van der Waals surface area (Å²) in [5.74, 6) is 0.560. The van der Waals surface area contributed by atoms with Crippen molar-refractivity contribution < 1.29 is 14.7 Å². The Kier molecular flexibility index (Phi) is 6.19. The first-order chi connectivity index (χ1) is 16.1. The van der Waals surface area contributed by atoms with Crippen LogP contribution in [0.25, 0.3) is 0 Å². The highest BCUT2D eigenvalue weighted by Crippen LogP contribution is 2.51. The van der Waals surface area contributed by atoms with E-state index in [1.807, 2.05) is 23.1 Å². The number of likely N-dealkylation sites (tertiary alicyclic amines) is 1. The molecule has 1 saturated heterocycles. The van der Waals surface area contributed by atoms with E-state index in [9.17, 15) is 14.7 Å². The van der Waals surface area contributed by atoms with Crippen LogP contribution < -0.4 is 5.32 Å². The molecule has 1 aliphatic heterocycles. The minimum absolute atomic E-state index is 0.237. The number of rotatable bonds is 4. The van der Waals surface area contributed by atoms with Crippen molar-refractivity contribution in [3.8, 4) is 0 Å². The van der Waals surface area contributed by atoms with Gasteiger partial charge in [0.15, 0.2) is 0 Å². The van der Waals surface area contributed by atoms with Crippen LogP contribution in [0.2, 0.25) is 0 Å². The van der Waals surface area contributed by atoms with Crippen molar-refractivity contribution in [1.82, 2.24) is 15.2 Å². The van der Waals surface area contributed by atoms with E-state index in [0.717, 1.165) is 11.1 Å². The van der Waals surface area contributed by atoms with Crippen LogP contribution in [0.15, 0.2) is 48.8 Å². The lowest BCUT2D eigenvalue weighted by Crippen LogP contribution is -2.51. The number of fused-ring (bicyclic) bond motifs is 2. The quantitative estimate of drug-likeness (QED) is 0.748. The van der Waals surface area contributed by atoms with Gasteiger partial charge in [0.05, 0.1) is 17.7 Å². The lowest BCUT2D eigenvalue weighted by atomic mass is 9.72. The lowest BCUT2D eigenvalue weighted by Gasteiger charge is -2.43. The number of benzene rings is 1. The summed E-state index contributed by atoms with van der Waals surface area (Å²) in [7, 11) is 0. The minimum atomic E-state index is -0.730. The first-order valence-corrected chi connectivity index (χ1v) is 12.3. The number of hydrogen-bond donors (Lipinski definition) is 2. The fourth-order valence-corrected chi connectivity index (χ4v) is 6.24. The number of aliphatic hydroxyl groups is 1. The largest absolute Gasteiger partial charge is 0.390 e. The highest BCUT2D eigenvalue weighted by molar-refractivity contribution is 5.94. The molecular formula is C27H33N3O3. The van der Waals surface area contributed by atoms with Crippen molar-refractivity contribution >= 4 is 11.8 Å². The van der Waals surface area contributed by atoms with Crippen LogP contribution in [-0.4, -0.2) is 46.0 Å². The van der Waals surface area contributed by atoms with Crippen molar-refractivity contribution in [2.45, 2.75) is 68.9 Å². The maximum atomic E-state index is 13.0. The maximum Gasteiger partial charge on any atom is 0.253 e. The van der Waals surface area contributed by atoms with Crippen LogP contribution in [0, 0.1) is 5.92 Å². The molecule has 1 aromatic heterocycles. The molecule has 1 saturated carbocycles. The molecule has 2 atom stereocenters. The highest BCUT2D eigenvalue weighted by Gasteiger charge is 2.53. The van der Waals surface area contributed by atoms with Crippen LogP contribution in [-0.2, 0) is 10.2 Å². The van der Waals surface area contributed by atoms with Crippen molar-refractivity contribution in [3.63, 3.8) is 0 Å². The number of carbonyl (C=O) groups excluding carboxylic acids is 2. The van der Waals surface area contributed by atoms with Gasteiger partial charge >= 0.3 is 0 Å². The third kappa shape index (κ3) is 4.17. The number of amides is 2. The average molecular weight is 448 g/mol. The predicted octanol–water partition coefficient (Wildman–Crippen LogP) is 3.76. The van der Waals surface area contributed by atoms with Crippen molar-refractivity contribution in [3.05, 3.63) is 65.5 Å². The fourth-order valence-electron chi connectivity index (χ4n) is 6.24. The van der Waals surface area contributed by atoms with Gasteiger partial charge in [-0.2, -0.15) is 0 Å². The topological polar surface area (TPSA) is 82.5 Å². The van der Waals surface area contributed by atoms with Gasteiger partial charge in [-0.15, -0.1) is 0 Å². The van der Waals surface area contributed by atoms with Crippen molar-refractivity contribution in [2.75, 3.05) is 13.1 Å². The smallest absolute Gasteiger partial charge is 0.253 e. The Bertz CT molecular complexity index is 995. The SMILES string of the molecule is O=C(N[C@@H]1c2ccccc2C2(CCN(C(=O)CC3CCCCC3)CC2)[C@H]1O)c1cccnc1. The summed E-state index contributed by atoms with van der Waals surface area (Å²) in [5, 5.41) is 14.6. The molecule has 5 rings (SSSR count). The average Bonchev–Trinajstić information content (AvgIpc) is 3.08. The fraction of sp³-hybridized carbons (Fsp3) is 0.519. The van der Waals surface area contributed by atoms with Gasteiger partial charge in [-0.05, 0) is 54.9 Å². The Balaban J connectivity index is 1.30. The Morgan fingerprint density at radius 3 is 2.55 bits per heavy atom. The molecule has 2 amide bonds. The monoisotopic (exact) mass is 447 g/mol. The summed E-state index contributed by atoms with van der Waals surface area (Å²) in [6.07, 6.45) is 10.7. The van der Waals surface area contributed by atoms with Gasteiger partial charge < -0.3 is 15.3 Å². The number of hydrogen-bond acceptors (Lipinski definition) is 4. The van der Waals surface area contributed by atoms with Crippen LogP contribution >= 0.6 is 0 Å². The van der Waals surface area contributed by atoms with Crippen molar-refractivity contribution in [2.24, 2.45) is 5.92 Å². The second-order valence-corrected chi connectivity index (χ2v) is 9.97. The zero-order chi connectivity index (χ0) is 22.8. The van der Waals surface area contributed by atoms with Gasteiger partial charge in [0.2, 0.25) is 5.91 Å². The number of pyridine rings is 1. The van der Waals surface area contributed by atoms with E-state index in [0.29, 0.717) is 43.8 Å². The van der Waals surface area contributed by atoms with Crippen LogP contribution in [0.4, 0.5) is 0 Å². The molecule has 0 radical (unpaired) electrons. The van der Waals surface area contributed by atoms with Gasteiger partial charge in [0.1, 0.15) is 0 Å². The maximum absolute atomic E-state index is 13.0. The van der Waals surface area contributed by atoms with Gasteiger partial charge in [-0.3, -0.25) is 14.6 Å². The Hall–Kier alpha value is -2.73. The van der Waals surface area contributed by atoms with E-state index in [1.165, 1.54) is 38.3 Å². The summed E-state index contributed by atoms with van der Waals surface area (Å²) >= 11 is 0. The Morgan fingerprint density at radius 2 is 1.82 bits per heavy atom. The van der Waals surface area contributed by atoms with Gasteiger partial charge in [0, 0.05) is 37.3 Å². The standard InChI is InChI=1S/C27H33N3O3/c31-23(17-19-7-2-1-3-8-19)30-15-12-27(13-16-30)22-11-5-4-10-21(22)24(25(27)32)29-26(33)20-9-6-14-28-18-20/h4-6,9-11,14,18-19,24-25,32H,1-3,7-8,12-13,15-17H2,(H,29,33)/t24-,25+/m1/s1. The summed E-state index contributed by atoms with van der Waals surface area (Å²) in [4.78, 5) is 31.8. The third-order valence-corrected chi connectivity index (χ3v) is 8.12. The first-order valence-electron chi connectivity index (χ1n) is 12.3. The second kappa shape index (κ2) is 9.26. The molecule has 2 aliphatic carbocycles. The second-order valence-electron chi connectivity index (χ2n) is 9.97. The third-order valence-electron chi connectivity index (χ3n) is 8.12. The predicted molar refractivity (Wildman–Crippen MR) is 126 cm³/mol. The molecule has 2 fully saturated rings.